The molecule has 3 rings (SSSR count). The number of nitrogens with zero attached hydrogens (tertiary/aromatic N) is 1. The third kappa shape index (κ3) is 5.21. The standard InChI is InChI=1S/C21H31FN2O4/c1-27-14-9-21(23-20(26)16-5-12-28-13-6-16)7-10-24(11-8-21)15-17-3-2-4-18(22)19(17)25/h2-4,16,25H,5-15H2,1H3,(H,23,26). The van der Waals surface area contributed by atoms with Gasteiger partial charge in [0.1, 0.15) is 0 Å². The predicted molar refractivity (Wildman–Crippen MR) is 103 cm³/mol. The van der Waals surface area contributed by atoms with Crippen molar-refractivity contribution in [3.63, 3.8) is 0 Å². The molecule has 2 fully saturated rings. The molecule has 0 unspecified atom stereocenters. The van der Waals surface area contributed by atoms with Gasteiger partial charge in [0.25, 0.3) is 0 Å². The highest BCUT2D eigenvalue weighted by Crippen LogP contribution is 2.30. The lowest BCUT2D eigenvalue weighted by molar-refractivity contribution is -0.130. The maximum absolute atomic E-state index is 13.6. The first kappa shape index (κ1) is 21.0. The minimum atomic E-state index is -0.590. The Hall–Kier alpha value is -1.70. The number of phenolic OH excluding ortho intramolecular Hbond substituents is 1. The Labute approximate surface area is 166 Å². The molecule has 6 nitrogen and oxygen atoms in total. The molecule has 0 aliphatic carbocycles. The highest BCUT2D eigenvalue weighted by molar-refractivity contribution is 5.79. The number of piperidine rings is 1. The molecule has 28 heavy (non-hydrogen) atoms. The molecule has 2 heterocycles. The third-order valence-electron chi connectivity index (χ3n) is 6.04. The maximum Gasteiger partial charge on any atom is 0.223 e. The Morgan fingerprint density at radius 2 is 2.07 bits per heavy atom. The number of aromatic hydroxyl groups is 1. The van der Waals surface area contributed by atoms with Crippen LogP contribution in [0.1, 0.15) is 37.7 Å². The first-order valence-corrected chi connectivity index (χ1v) is 10.1. The number of ether oxygens (including phenoxy) is 2. The van der Waals surface area contributed by atoms with Crippen LogP contribution in [0.4, 0.5) is 4.39 Å². The fraction of sp³-hybridized carbons (Fsp3) is 0.667. The first-order valence-electron chi connectivity index (χ1n) is 10.1. The number of carbonyl (C=O) groups is 1. The van der Waals surface area contributed by atoms with Gasteiger partial charge >= 0.3 is 0 Å². The Morgan fingerprint density at radius 3 is 2.75 bits per heavy atom. The van der Waals surface area contributed by atoms with Gasteiger partial charge in [-0.15, -0.1) is 0 Å². The summed E-state index contributed by atoms with van der Waals surface area (Å²) in [7, 11) is 1.68. The number of rotatable bonds is 7. The summed E-state index contributed by atoms with van der Waals surface area (Å²) in [6.45, 7) is 3.93. The lowest BCUT2D eigenvalue weighted by atomic mass is 9.83. The molecular weight excluding hydrogens is 363 g/mol. The van der Waals surface area contributed by atoms with E-state index in [1.807, 2.05) is 0 Å². The molecule has 2 N–H and O–H groups in total. The number of likely N-dealkylation sites (tertiary alicyclic amines) is 1. The molecule has 1 aromatic rings. The Bertz CT molecular complexity index is 656. The van der Waals surface area contributed by atoms with Crippen LogP contribution in [0.15, 0.2) is 18.2 Å². The molecule has 0 aromatic heterocycles. The number of phenols is 1. The van der Waals surface area contributed by atoms with E-state index in [1.54, 1.807) is 19.2 Å². The van der Waals surface area contributed by atoms with E-state index in [0.29, 0.717) is 31.9 Å². The molecular formula is C21H31FN2O4. The summed E-state index contributed by atoms with van der Waals surface area (Å²) >= 11 is 0. The van der Waals surface area contributed by atoms with E-state index in [1.165, 1.54) is 6.07 Å². The third-order valence-corrected chi connectivity index (χ3v) is 6.04. The van der Waals surface area contributed by atoms with E-state index in [4.69, 9.17) is 9.47 Å². The largest absolute Gasteiger partial charge is 0.505 e. The first-order chi connectivity index (χ1) is 13.5. The summed E-state index contributed by atoms with van der Waals surface area (Å²) in [5.41, 5.74) is 0.321. The van der Waals surface area contributed by atoms with E-state index in [2.05, 4.69) is 10.2 Å². The molecule has 2 aliphatic heterocycles. The molecule has 0 radical (unpaired) electrons. The molecule has 0 bridgehead atoms. The summed E-state index contributed by atoms with van der Waals surface area (Å²) in [4.78, 5) is 15.0. The van der Waals surface area contributed by atoms with Crippen LogP contribution in [0.25, 0.3) is 0 Å². The molecule has 0 saturated carbocycles. The topological polar surface area (TPSA) is 71.0 Å². The van der Waals surface area contributed by atoms with E-state index < -0.39 is 5.82 Å². The van der Waals surface area contributed by atoms with Crippen LogP contribution in [-0.4, -0.2) is 61.5 Å². The SMILES string of the molecule is COCCC1(NC(=O)C2CCOCC2)CCN(Cc2cccc(F)c2O)CC1. The number of halogens is 1. The highest BCUT2D eigenvalue weighted by atomic mass is 19.1. The zero-order valence-corrected chi connectivity index (χ0v) is 16.6. The van der Waals surface area contributed by atoms with Crippen LogP contribution in [0.3, 0.4) is 0 Å². The monoisotopic (exact) mass is 394 g/mol. The van der Waals surface area contributed by atoms with Crippen molar-refractivity contribution in [1.82, 2.24) is 10.2 Å². The zero-order chi connectivity index (χ0) is 20.0. The van der Waals surface area contributed by atoms with Crippen LogP contribution < -0.4 is 5.32 Å². The van der Waals surface area contributed by atoms with Crippen molar-refractivity contribution in [2.24, 2.45) is 5.92 Å². The second kappa shape index (κ2) is 9.67. The summed E-state index contributed by atoms with van der Waals surface area (Å²) in [6.07, 6.45) is 3.94. The Morgan fingerprint density at radius 1 is 1.36 bits per heavy atom. The van der Waals surface area contributed by atoms with Gasteiger partial charge in [-0.3, -0.25) is 9.69 Å². The number of hydrogen-bond acceptors (Lipinski definition) is 5. The Balaban J connectivity index is 1.60. The van der Waals surface area contributed by atoms with Gasteiger partial charge in [0, 0.05) is 63.6 Å². The Kier molecular flexibility index (Phi) is 7.26. The number of methoxy groups -OCH3 is 1. The number of amides is 1. The van der Waals surface area contributed by atoms with Crippen molar-refractivity contribution in [2.75, 3.05) is 40.0 Å². The summed E-state index contributed by atoms with van der Waals surface area (Å²) in [5, 5.41) is 13.3. The molecule has 2 saturated heterocycles. The van der Waals surface area contributed by atoms with Gasteiger partial charge in [0.15, 0.2) is 11.6 Å². The predicted octanol–water partition coefficient (Wildman–Crippen LogP) is 2.45. The highest BCUT2D eigenvalue weighted by Gasteiger charge is 2.37. The fourth-order valence-electron chi connectivity index (χ4n) is 4.13. The molecule has 1 amide bonds. The number of benzene rings is 1. The second-order valence-corrected chi connectivity index (χ2v) is 7.92. The average Bonchev–Trinajstić information content (AvgIpc) is 2.72. The van der Waals surface area contributed by atoms with Crippen LogP contribution >= 0.6 is 0 Å². The van der Waals surface area contributed by atoms with Crippen LogP contribution in [-0.2, 0) is 20.8 Å². The quantitative estimate of drug-likeness (QED) is 0.743. The van der Waals surface area contributed by atoms with Gasteiger partial charge < -0.3 is 19.9 Å². The second-order valence-electron chi connectivity index (χ2n) is 7.92. The summed E-state index contributed by atoms with van der Waals surface area (Å²) < 4.78 is 24.2. The van der Waals surface area contributed by atoms with Crippen LogP contribution in [0.2, 0.25) is 0 Å². The molecule has 7 heteroatoms. The molecule has 2 aliphatic rings. The van der Waals surface area contributed by atoms with Crippen molar-refractivity contribution in [3.8, 4) is 5.75 Å². The number of hydrogen-bond donors (Lipinski definition) is 2. The van der Waals surface area contributed by atoms with E-state index >= 15 is 0 Å². The lowest BCUT2D eigenvalue weighted by Crippen LogP contribution is -2.57. The smallest absolute Gasteiger partial charge is 0.223 e. The van der Waals surface area contributed by atoms with Crippen molar-refractivity contribution < 1.29 is 23.8 Å². The van der Waals surface area contributed by atoms with Crippen molar-refractivity contribution in [1.29, 1.82) is 0 Å². The molecule has 0 spiro atoms. The van der Waals surface area contributed by atoms with E-state index in [0.717, 1.165) is 45.2 Å². The number of para-hydroxylation sites is 1. The van der Waals surface area contributed by atoms with Gasteiger partial charge in [0.05, 0.1) is 0 Å². The minimum absolute atomic E-state index is 0.0236. The molecule has 0 atom stereocenters. The summed E-state index contributed by atoms with van der Waals surface area (Å²) in [6, 6.07) is 4.63. The van der Waals surface area contributed by atoms with Gasteiger partial charge in [-0.25, -0.2) is 4.39 Å². The van der Waals surface area contributed by atoms with Gasteiger partial charge in [-0.05, 0) is 38.2 Å². The van der Waals surface area contributed by atoms with Crippen LogP contribution in [0, 0.1) is 11.7 Å². The zero-order valence-electron chi connectivity index (χ0n) is 16.6. The van der Waals surface area contributed by atoms with Crippen molar-refractivity contribution in [2.45, 2.75) is 44.2 Å². The van der Waals surface area contributed by atoms with Crippen molar-refractivity contribution >= 4 is 5.91 Å². The van der Waals surface area contributed by atoms with E-state index in [-0.39, 0.29) is 23.1 Å². The van der Waals surface area contributed by atoms with Crippen LogP contribution in [0.5, 0.6) is 5.75 Å². The van der Waals surface area contributed by atoms with E-state index in [9.17, 15) is 14.3 Å². The normalized spacial score (nSPS) is 20.8. The number of carbonyl (C=O) groups excluding carboxylic acids is 1. The lowest BCUT2D eigenvalue weighted by Gasteiger charge is -2.43. The van der Waals surface area contributed by atoms with Gasteiger partial charge in [0.2, 0.25) is 5.91 Å². The maximum atomic E-state index is 13.6. The molecule has 156 valence electrons. The molecule has 1 aromatic carbocycles. The fourth-order valence-corrected chi connectivity index (χ4v) is 4.13. The minimum Gasteiger partial charge on any atom is -0.505 e. The number of nitrogens with one attached hydrogen (secondary N) is 1. The van der Waals surface area contributed by atoms with Crippen molar-refractivity contribution in [3.05, 3.63) is 29.6 Å². The van der Waals surface area contributed by atoms with Gasteiger partial charge in [-0.1, -0.05) is 12.1 Å². The summed E-state index contributed by atoms with van der Waals surface area (Å²) in [5.74, 6) is -0.717. The average molecular weight is 394 g/mol. The van der Waals surface area contributed by atoms with Gasteiger partial charge in [-0.2, -0.15) is 0 Å².